The van der Waals surface area contributed by atoms with Crippen molar-refractivity contribution in [1.82, 2.24) is 9.97 Å². The van der Waals surface area contributed by atoms with Crippen molar-refractivity contribution in [2.45, 2.75) is 34.1 Å². The Morgan fingerprint density at radius 3 is 2.52 bits per heavy atom. The highest BCUT2D eigenvalue weighted by Gasteiger charge is 2.06. The molecule has 0 atom stereocenters. The van der Waals surface area contributed by atoms with Gasteiger partial charge in [-0.05, 0) is 57.4 Å². The van der Waals surface area contributed by atoms with E-state index in [9.17, 15) is 0 Å². The third-order valence-corrected chi connectivity index (χ3v) is 3.66. The van der Waals surface area contributed by atoms with Crippen LogP contribution >= 0.6 is 0 Å². The van der Waals surface area contributed by atoms with Gasteiger partial charge in [0.15, 0.2) is 0 Å². The fourth-order valence-corrected chi connectivity index (χ4v) is 2.29. The second kappa shape index (κ2) is 6.57. The number of nitrogens with one attached hydrogen (secondary N) is 1. The first kappa shape index (κ1) is 15.3. The van der Waals surface area contributed by atoms with Crippen LogP contribution in [0.4, 0.5) is 5.69 Å². The zero-order valence-corrected chi connectivity index (χ0v) is 13.4. The lowest BCUT2D eigenvalue weighted by Gasteiger charge is -2.12. The Morgan fingerprint density at radius 1 is 1.05 bits per heavy atom. The minimum Gasteiger partial charge on any atom is -0.480 e. The Balaban J connectivity index is 2.03. The lowest BCUT2D eigenvalue weighted by molar-refractivity contribution is 0.399. The second-order valence-corrected chi connectivity index (χ2v) is 5.32. The molecule has 2 heterocycles. The molecule has 0 aliphatic carbocycles. The first-order valence-corrected chi connectivity index (χ1v) is 7.20. The highest BCUT2D eigenvalue weighted by atomic mass is 16.5. The summed E-state index contributed by atoms with van der Waals surface area (Å²) in [5, 5.41) is 3.39. The summed E-state index contributed by atoms with van der Waals surface area (Å²) >= 11 is 0. The molecular formula is C17H23N3O. The summed E-state index contributed by atoms with van der Waals surface area (Å²) in [4.78, 5) is 8.94. The monoisotopic (exact) mass is 285 g/mol. The number of anilines is 1. The molecule has 0 spiro atoms. The maximum atomic E-state index is 5.30. The van der Waals surface area contributed by atoms with Gasteiger partial charge in [0.1, 0.15) is 0 Å². The molecule has 0 saturated heterocycles. The number of hydrogen-bond donors (Lipinski definition) is 1. The van der Waals surface area contributed by atoms with Gasteiger partial charge in [-0.3, -0.25) is 4.98 Å². The third kappa shape index (κ3) is 3.72. The predicted molar refractivity (Wildman–Crippen MR) is 86.2 cm³/mol. The zero-order valence-electron chi connectivity index (χ0n) is 13.4. The minimum absolute atomic E-state index is 0.643. The summed E-state index contributed by atoms with van der Waals surface area (Å²) in [6.07, 6.45) is 0.928. The predicted octanol–water partition coefficient (Wildman–Crippen LogP) is 3.37. The third-order valence-electron chi connectivity index (χ3n) is 3.66. The molecule has 0 saturated carbocycles. The first-order chi connectivity index (χ1) is 10.0. The molecule has 0 amide bonds. The topological polar surface area (TPSA) is 47.0 Å². The Bertz CT molecular complexity index is 638. The van der Waals surface area contributed by atoms with E-state index in [0.29, 0.717) is 5.88 Å². The number of pyridine rings is 2. The maximum Gasteiger partial charge on any atom is 0.237 e. The van der Waals surface area contributed by atoms with Crippen LogP contribution in [-0.2, 0) is 6.42 Å². The molecule has 0 bridgehead atoms. The van der Waals surface area contributed by atoms with Crippen LogP contribution in [0.2, 0.25) is 0 Å². The van der Waals surface area contributed by atoms with Gasteiger partial charge in [-0.1, -0.05) is 6.07 Å². The van der Waals surface area contributed by atoms with E-state index >= 15 is 0 Å². The fourth-order valence-electron chi connectivity index (χ4n) is 2.29. The quantitative estimate of drug-likeness (QED) is 0.915. The molecule has 0 unspecified atom stereocenters. The van der Waals surface area contributed by atoms with Crippen molar-refractivity contribution < 1.29 is 4.74 Å². The average molecular weight is 285 g/mol. The number of hydrogen-bond acceptors (Lipinski definition) is 4. The first-order valence-electron chi connectivity index (χ1n) is 7.20. The molecule has 0 fully saturated rings. The molecule has 4 heteroatoms. The molecule has 21 heavy (non-hydrogen) atoms. The maximum absolute atomic E-state index is 5.30. The summed E-state index contributed by atoms with van der Waals surface area (Å²) in [5.74, 6) is 0.643. The summed E-state index contributed by atoms with van der Waals surface area (Å²) < 4.78 is 5.30. The number of ether oxygens (including phenoxy) is 1. The van der Waals surface area contributed by atoms with Gasteiger partial charge in [-0.2, -0.15) is 0 Å². The molecule has 0 aliphatic heterocycles. The molecular weight excluding hydrogens is 262 g/mol. The van der Waals surface area contributed by atoms with Crippen LogP contribution in [0, 0.1) is 27.7 Å². The average Bonchev–Trinajstić information content (AvgIpc) is 2.45. The van der Waals surface area contributed by atoms with Gasteiger partial charge in [0.2, 0.25) is 5.88 Å². The summed E-state index contributed by atoms with van der Waals surface area (Å²) in [6.45, 7) is 9.00. The van der Waals surface area contributed by atoms with E-state index in [-0.39, 0.29) is 0 Å². The fraction of sp³-hybridized carbons (Fsp3) is 0.412. The van der Waals surface area contributed by atoms with Crippen molar-refractivity contribution in [3.05, 3.63) is 46.4 Å². The number of methoxy groups -OCH3 is 1. The van der Waals surface area contributed by atoms with Gasteiger partial charge >= 0.3 is 0 Å². The minimum atomic E-state index is 0.643. The van der Waals surface area contributed by atoms with E-state index in [0.717, 1.165) is 35.7 Å². The van der Waals surface area contributed by atoms with E-state index in [4.69, 9.17) is 4.74 Å². The summed E-state index contributed by atoms with van der Waals surface area (Å²) in [7, 11) is 1.64. The number of aryl methyl sites for hydroxylation is 4. The van der Waals surface area contributed by atoms with Crippen molar-refractivity contribution in [3.63, 3.8) is 0 Å². The summed E-state index contributed by atoms with van der Waals surface area (Å²) in [5.41, 5.74) is 6.61. The molecule has 0 radical (unpaired) electrons. The smallest absolute Gasteiger partial charge is 0.237 e. The lowest BCUT2D eigenvalue weighted by atomic mass is 10.1. The van der Waals surface area contributed by atoms with Crippen molar-refractivity contribution in [3.8, 4) is 5.88 Å². The van der Waals surface area contributed by atoms with Gasteiger partial charge in [-0.25, -0.2) is 4.98 Å². The SMILES string of the molecule is COc1nc(C)ccc1NCCc1cc(C)c(C)nc1C. The van der Waals surface area contributed by atoms with E-state index < -0.39 is 0 Å². The van der Waals surface area contributed by atoms with Gasteiger partial charge in [0.25, 0.3) is 0 Å². The van der Waals surface area contributed by atoms with E-state index in [2.05, 4.69) is 35.2 Å². The standard InChI is InChI=1S/C17H23N3O/c1-11-10-15(14(4)20-13(11)3)8-9-18-16-7-6-12(2)19-17(16)21-5/h6-7,10,18H,8-9H2,1-5H3. The second-order valence-electron chi connectivity index (χ2n) is 5.32. The van der Waals surface area contributed by atoms with E-state index in [1.54, 1.807) is 7.11 Å². The van der Waals surface area contributed by atoms with Crippen LogP contribution in [-0.4, -0.2) is 23.6 Å². The van der Waals surface area contributed by atoms with Gasteiger partial charge < -0.3 is 10.1 Å². The molecule has 2 rings (SSSR count). The molecule has 1 N–H and O–H groups in total. The molecule has 4 nitrogen and oxygen atoms in total. The Kier molecular flexibility index (Phi) is 4.78. The molecule has 0 aliphatic rings. The summed E-state index contributed by atoms with van der Waals surface area (Å²) in [6, 6.07) is 6.21. The molecule has 112 valence electrons. The number of nitrogens with zero attached hydrogens (tertiary/aromatic N) is 2. The van der Waals surface area contributed by atoms with E-state index in [1.807, 2.05) is 26.0 Å². The van der Waals surface area contributed by atoms with Crippen molar-refractivity contribution in [1.29, 1.82) is 0 Å². The highest BCUT2D eigenvalue weighted by Crippen LogP contribution is 2.21. The van der Waals surface area contributed by atoms with Crippen LogP contribution in [0.25, 0.3) is 0 Å². The van der Waals surface area contributed by atoms with Crippen LogP contribution in [0.3, 0.4) is 0 Å². The lowest BCUT2D eigenvalue weighted by Crippen LogP contribution is -2.09. The molecule has 2 aromatic rings. The van der Waals surface area contributed by atoms with Crippen molar-refractivity contribution in [2.24, 2.45) is 0 Å². The van der Waals surface area contributed by atoms with Crippen LogP contribution < -0.4 is 10.1 Å². The Hall–Kier alpha value is -2.10. The highest BCUT2D eigenvalue weighted by molar-refractivity contribution is 5.53. The molecule has 2 aromatic heterocycles. The van der Waals surface area contributed by atoms with Crippen LogP contribution in [0.1, 0.15) is 28.2 Å². The number of aromatic nitrogens is 2. The van der Waals surface area contributed by atoms with E-state index in [1.165, 1.54) is 11.1 Å². The Morgan fingerprint density at radius 2 is 1.81 bits per heavy atom. The number of rotatable bonds is 5. The van der Waals surface area contributed by atoms with Crippen LogP contribution in [0.5, 0.6) is 5.88 Å². The normalized spacial score (nSPS) is 10.5. The van der Waals surface area contributed by atoms with Gasteiger partial charge in [0, 0.05) is 23.6 Å². The van der Waals surface area contributed by atoms with Crippen LogP contribution in [0.15, 0.2) is 18.2 Å². The Labute approximate surface area is 126 Å². The zero-order chi connectivity index (χ0) is 15.4. The van der Waals surface area contributed by atoms with Gasteiger partial charge in [0.05, 0.1) is 12.8 Å². The largest absolute Gasteiger partial charge is 0.480 e. The van der Waals surface area contributed by atoms with Crippen molar-refractivity contribution >= 4 is 5.69 Å². The van der Waals surface area contributed by atoms with Crippen molar-refractivity contribution in [2.75, 3.05) is 19.0 Å². The molecule has 0 aromatic carbocycles. The van der Waals surface area contributed by atoms with Gasteiger partial charge in [-0.15, -0.1) is 0 Å².